The van der Waals surface area contributed by atoms with E-state index in [4.69, 9.17) is 4.99 Å². The van der Waals surface area contributed by atoms with Gasteiger partial charge < -0.3 is 4.90 Å². The van der Waals surface area contributed by atoms with Crippen LogP contribution in [0.5, 0.6) is 0 Å². The van der Waals surface area contributed by atoms with E-state index in [1.165, 1.54) is 0 Å². The van der Waals surface area contributed by atoms with E-state index in [1.54, 1.807) is 0 Å². The SMILES string of the molecule is Cc1cc(-c2ccc(-c3cnn(C)c3)cc2)ccc1C1=NC2(CC2)C(=O)N1CC1CCN(C(=O)C2CC2)C1. The van der Waals surface area contributed by atoms with Crippen molar-refractivity contribution in [3.63, 3.8) is 0 Å². The molecule has 1 spiro atoms. The number of likely N-dealkylation sites (tertiary alicyclic amines) is 1. The summed E-state index contributed by atoms with van der Waals surface area (Å²) in [4.78, 5) is 35.0. The van der Waals surface area contributed by atoms with Gasteiger partial charge in [-0.15, -0.1) is 0 Å². The van der Waals surface area contributed by atoms with Gasteiger partial charge in [-0.05, 0) is 67.2 Å². The van der Waals surface area contributed by atoms with Gasteiger partial charge in [0.2, 0.25) is 5.91 Å². The van der Waals surface area contributed by atoms with Gasteiger partial charge >= 0.3 is 0 Å². The van der Waals surface area contributed by atoms with E-state index < -0.39 is 5.54 Å². The molecular formula is C31H33N5O2. The van der Waals surface area contributed by atoms with Gasteiger partial charge in [-0.2, -0.15) is 5.10 Å². The Kier molecular flexibility index (Phi) is 5.32. The van der Waals surface area contributed by atoms with Crippen LogP contribution in [-0.2, 0) is 16.6 Å². The molecule has 194 valence electrons. The largest absolute Gasteiger partial charge is 0.342 e. The van der Waals surface area contributed by atoms with Crippen molar-refractivity contribution in [1.29, 1.82) is 0 Å². The number of aromatic nitrogens is 2. The number of carbonyl (C=O) groups excluding carboxylic acids is 2. The van der Waals surface area contributed by atoms with Crippen LogP contribution in [-0.4, -0.2) is 62.4 Å². The molecule has 7 heteroatoms. The summed E-state index contributed by atoms with van der Waals surface area (Å²) in [6.07, 6.45) is 8.59. The van der Waals surface area contributed by atoms with Gasteiger partial charge in [0.1, 0.15) is 11.4 Å². The van der Waals surface area contributed by atoms with Crippen molar-refractivity contribution in [1.82, 2.24) is 19.6 Å². The highest BCUT2D eigenvalue weighted by Crippen LogP contribution is 2.46. The molecule has 1 unspecified atom stereocenters. The Morgan fingerprint density at radius 3 is 2.34 bits per heavy atom. The van der Waals surface area contributed by atoms with Gasteiger partial charge in [-0.3, -0.25) is 24.2 Å². The lowest BCUT2D eigenvalue weighted by atomic mass is 9.97. The maximum atomic E-state index is 13.5. The molecule has 2 saturated carbocycles. The lowest BCUT2D eigenvalue weighted by molar-refractivity contribution is -0.131. The van der Waals surface area contributed by atoms with E-state index in [0.29, 0.717) is 18.4 Å². The first-order valence-corrected chi connectivity index (χ1v) is 13.8. The first kappa shape index (κ1) is 23.4. The van der Waals surface area contributed by atoms with Crippen LogP contribution in [0.1, 0.15) is 43.2 Å². The highest BCUT2D eigenvalue weighted by atomic mass is 16.2. The fourth-order valence-corrected chi connectivity index (χ4v) is 6.03. The molecule has 3 heterocycles. The summed E-state index contributed by atoms with van der Waals surface area (Å²) in [5.41, 5.74) is 6.15. The van der Waals surface area contributed by atoms with Crippen molar-refractivity contribution < 1.29 is 9.59 Å². The summed E-state index contributed by atoms with van der Waals surface area (Å²) in [5.74, 6) is 1.83. The maximum Gasteiger partial charge on any atom is 0.256 e. The molecule has 7 nitrogen and oxygen atoms in total. The fourth-order valence-electron chi connectivity index (χ4n) is 6.03. The van der Waals surface area contributed by atoms with Gasteiger partial charge in [0.05, 0.1) is 6.20 Å². The Bertz CT molecular complexity index is 1460. The molecule has 2 aliphatic carbocycles. The van der Waals surface area contributed by atoms with Gasteiger partial charge in [-0.1, -0.05) is 42.5 Å². The van der Waals surface area contributed by atoms with Crippen LogP contribution in [0.4, 0.5) is 0 Å². The third-order valence-electron chi connectivity index (χ3n) is 8.63. The molecule has 0 bridgehead atoms. The van der Waals surface area contributed by atoms with Crippen molar-refractivity contribution >= 4 is 17.6 Å². The lowest BCUT2D eigenvalue weighted by Gasteiger charge is -2.24. The number of amidine groups is 1. The first-order chi connectivity index (χ1) is 18.4. The van der Waals surface area contributed by atoms with E-state index in [-0.39, 0.29) is 11.8 Å². The molecule has 2 amide bonds. The van der Waals surface area contributed by atoms with Crippen LogP contribution < -0.4 is 0 Å². The number of aliphatic imine (C=N–C) groups is 1. The van der Waals surface area contributed by atoms with Gasteiger partial charge in [-0.25, -0.2) is 0 Å². The number of nitrogens with zero attached hydrogens (tertiary/aromatic N) is 5. The monoisotopic (exact) mass is 507 g/mol. The summed E-state index contributed by atoms with van der Waals surface area (Å²) in [7, 11) is 1.93. The van der Waals surface area contributed by atoms with Crippen molar-refractivity contribution in [2.45, 2.75) is 44.6 Å². The number of hydrogen-bond acceptors (Lipinski definition) is 4. The number of rotatable bonds is 6. The molecule has 0 N–H and O–H groups in total. The summed E-state index contributed by atoms with van der Waals surface area (Å²) < 4.78 is 1.81. The Morgan fingerprint density at radius 2 is 1.71 bits per heavy atom. The summed E-state index contributed by atoms with van der Waals surface area (Å²) in [5, 5.41) is 4.27. The number of carbonyl (C=O) groups is 2. The quantitative estimate of drug-likeness (QED) is 0.495. The maximum absolute atomic E-state index is 13.5. The van der Waals surface area contributed by atoms with Crippen molar-refractivity contribution in [3.05, 3.63) is 66.0 Å². The van der Waals surface area contributed by atoms with Crippen LogP contribution in [0, 0.1) is 18.8 Å². The zero-order valence-electron chi connectivity index (χ0n) is 22.1. The minimum atomic E-state index is -0.537. The Morgan fingerprint density at radius 1 is 1.00 bits per heavy atom. The second-order valence-corrected chi connectivity index (χ2v) is 11.6. The second-order valence-electron chi connectivity index (χ2n) is 11.6. The average molecular weight is 508 g/mol. The normalized spacial score (nSPS) is 21.9. The van der Waals surface area contributed by atoms with E-state index >= 15 is 0 Å². The van der Waals surface area contributed by atoms with Gasteiger partial charge in [0, 0.05) is 49.9 Å². The van der Waals surface area contributed by atoms with Crippen LogP contribution in [0.2, 0.25) is 0 Å². The fraction of sp³-hybridized carbons (Fsp3) is 0.419. The number of hydrogen-bond donors (Lipinski definition) is 0. The predicted molar refractivity (Wildman–Crippen MR) is 146 cm³/mol. The standard InChI is InChI=1S/C31H33N5O2/c1-20-15-25(22-3-5-23(6-4-22)26-16-32-34(2)19-26)9-10-27(20)28-33-31(12-13-31)30(38)36(28)18-21-11-14-35(17-21)29(37)24-7-8-24/h3-6,9-10,15-16,19,21,24H,7-8,11-14,17-18H2,1-2H3. The second kappa shape index (κ2) is 8.65. The molecular weight excluding hydrogens is 474 g/mol. The molecule has 4 aliphatic rings. The molecule has 3 aromatic rings. The summed E-state index contributed by atoms with van der Waals surface area (Å²) >= 11 is 0. The topological polar surface area (TPSA) is 70.8 Å². The van der Waals surface area contributed by atoms with Crippen LogP contribution in [0.3, 0.4) is 0 Å². The van der Waals surface area contributed by atoms with Crippen LogP contribution >= 0.6 is 0 Å². The average Bonchev–Trinajstić information content (AvgIpc) is 3.81. The number of amides is 2. The highest BCUT2D eigenvalue weighted by molar-refractivity contribution is 6.17. The predicted octanol–water partition coefficient (Wildman–Crippen LogP) is 4.44. The minimum absolute atomic E-state index is 0.147. The Hall–Kier alpha value is -3.74. The Labute approximate surface area is 223 Å². The first-order valence-electron chi connectivity index (χ1n) is 13.8. The molecule has 2 aromatic carbocycles. The van der Waals surface area contributed by atoms with Crippen molar-refractivity contribution in [3.8, 4) is 22.3 Å². The third-order valence-corrected chi connectivity index (χ3v) is 8.63. The van der Waals surface area contributed by atoms with Crippen LogP contribution in [0.15, 0.2) is 59.9 Å². The zero-order chi connectivity index (χ0) is 26.0. The molecule has 1 aromatic heterocycles. The van der Waals surface area contributed by atoms with E-state index in [9.17, 15) is 9.59 Å². The van der Waals surface area contributed by atoms with E-state index in [1.807, 2.05) is 33.9 Å². The lowest BCUT2D eigenvalue weighted by Crippen LogP contribution is -2.41. The van der Waals surface area contributed by atoms with E-state index in [0.717, 1.165) is 84.4 Å². The summed E-state index contributed by atoms with van der Waals surface area (Å²) in [6, 6.07) is 15.0. The zero-order valence-corrected chi connectivity index (χ0v) is 22.1. The molecule has 38 heavy (non-hydrogen) atoms. The highest BCUT2D eigenvalue weighted by Gasteiger charge is 2.57. The smallest absolute Gasteiger partial charge is 0.256 e. The molecule has 0 radical (unpaired) electrons. The van der Waals surface area contributed by atoms with Gasteiger partial charge in [0.25, 0.3) is 5.91 Å². The van der Waals surface area contributed by atoms with E-state index in [2.05, 4.69) is 54.5 Å². The molecule has 1 atom stereocenters. The minimum Gasteiger partial charge on any atom is -0.342 e. The molecule has 2 aliphatic heterocycles. The third kappa shape index (κ3) is 4.05. The molecule has 3 fully saturated rings. The molecule has 7 rings (SSSR count). The number of benzene rings is 2. The Balaban J connectivity index is 1.11. The molecule has 1 saturated heterocycles. The van der Waals surface area contributed by atoms with Crippen LogP contribution in [0.25, 0.3) is 22.3 Å². The summed E-state index contributed by atoms with van der Waals surface area (Å²) in [6.45, 7) is 4.32. The van der Waals surface area contributed by atoms with Gasteiger partial charge in [0.15, 0.2) is 0 Å². The van der Waals surface area contributed by atoms with Crippen molar-refractivity contribution in [2.75, 3.05) is 19.6 Å². The van der Waals surface area contributed by atoms with Crippen molar-refractivity contribution in [2.24, 2.45) is 23.9 Å². The number of aryl methyl sites for hydroxylation is 2.